The average Bonchev–Trinajstić information content (AvgIpc) is 2.12. The van der Waals surface area contributed by atoms with Gasteiger partial charge in [-0.1, -0.05) is 25.4 Å². The molecule has 0 aliphatic heterocycles. The molecular formula is C10H15ClN2. The first kappa shape index (κ1) is 12.0. The maximum Gasteiger partial charge on any atom is 0.0964 e. The maximum atomic E-state index is 5.67. The van der Waals surface area contributed by atoms with Crippen LogP contribution in [-0.2, 0) is 0 Å². The molecule has 0 bridgehead atoms. The number of nitrogens with two attached hydrogens (primary N) is 1. The molecule has 3 heteroatoms. The first-order chi connectivity index (χ1) is 6.18. The Bertz CT molecular complexity index is 261. The summed E-state index contributed by atoms with van der Waals surface area (Å²) < 4.78 is 0. The van der Waals surface area contributed by atoms with Crippen LogP contribution in [0.15, 0.2) is 29.3 Å². The topological polar surface area (TPSA) is 38.4 Å². The Morgan fingerprint density at radius 2 is 1.69 bits per heavy atom. The molecule has 0 amide bonds. The van der Waals surface area contributed by atoms with E-state index in [-0.39, 0.29) is 0 Å². The quantitative estimate of drug-likeness (QED) is 0.545. The van der Waals surface area contributed by atoms with E-state index in [0.717, 1.165) is 5.69 Å². The molecular weight excluding hydrogens is 184 g/mol. The summed E-state index contributed by atoms with van der Waals surface area (Å²) in [5.74, 6) is 0.548. The first-order valence-corrected chi connectivity index (χ1v) is 4.62. The summed E-state index contributed by atoms with van der Waals surface area (Å²) in [5.41, 5.74) is 6.21. The summed E-state index contributed by atoms with van der Waals surface area (Å²) in [6.45, 7) is 5.74. The van der Waals surface area contributed by atoms with E-state index in [1.807, 2.05) is 26.0 Å². The summed E-state index contributed by atoms with van der Waals surface area (Å²) in [4.78, 5) is 4.04. The van der Waals surface area contributed by atoms with Crippen LogP contribution in [0.4, 0.5) is 5.69 Å². The molecule has 0 fully saturated rings. The highest BCUT2D eigenvalue weighted by Crippen LogP contribution is 2.15. The van der Waals surface area contributed by atoms with Gasteiger partial charge in [0.2, 0.25) is 0 Å². The van der Waals surface area contributed by atoms with Crippen molar-refractivity contribution < 1.29 is 0 Å². The lowest BCUT2D eigenvalue weighted by Gasteiger charge is -1.93. The Kier molecular flexibility index (Phi) is 5.98. The molecule has 72 valence electrons. The van der Waals surface area contributed by atoms with Crippen molar-refractivity contribution in [1.29, 1.82) is 0 Å². The van der Waals surface area contributed by atoms with Crippen LogP contribution >= 0.6 is 11.6 Å². The SMILES string of the molecule is CC.CC(N)=Nc1ccc(Cl)cc1. The fraction of sp³-hybridized carbons (Fsp3) is 0.300. The standard InChI is InChI=1S/C8H9ClN2.C2H6/c1-6(10)11-8-4-2-7(9)3-5-8;1-2/h2-5H,1H3,(H2,10,11);1-2H3. The molecule has 0 unspecified atom stereocenters. The van der Waals surface area contributed by atoms with Crippen molar-refractivity contribution in [2.24, 2.45) is 10.7 Å². The monoisotopic (exact) mass is 198 g/mol. The Morgan fingerprint density at radius 1 is 1.23 bits per heavy atom. The zero-order valence-corrected chi connectivity index (χ0v) is 8.97. The van der Waals surface area contributed by atoms with E-state index < -0.39 is 0 Å². The molecule has 0 saturated carbocycles. The molecule has 1 aromatic rings. The third kappa shape index (κ3) is 5.26. The lowest BCUT2D eigenvalue weighted by molar-refractivity contribution is 1.45. The van der Waals surface area contributed by atoms with Crippen LogP contribution in [0.3, 0.4) is 0 Å². The molecule has 0 spiro atoms. The van der Waals surface area contributed by atoms with E-state index in [0.29, 0.717) is 10.9 Å². The summed E-state index contributed by atoms with van der Waals surface area (Å²) in [6, 6.07) is 7.20. The van der Waals surface area contributed by atoms with Gasteiger partial charge in [-0.2, -0.15) is 0 Å². The van der Waals surface area contributed by atoms with Crippen LogP contribution in [0.2, 0.25) is 5.02 Å². The highest BCUT2D eigenvalue weighted by Gasteiger charge is 1.88. The number of hydrogen-bond donors (Lipinski definition) is 1. The zero-order valence-electron chi connectivity index (χ0n) is 8.21. The number of halogens is 1. The van der Waals surface area contributed by atoms with E-state index in [2.05, 4.69) is 4.99 Å². The van der Waals surface area contributed by atoms with Crippen molar-refractivity contribution in [3.05, 3.63) is 29.3 Å². The summed E-state index contributed by atoms with van der Waals surface area (Å²) in [7, 11) is 0. The number of hydrogen-bond acceptors (Lipinski definition) is 1. The van der Waals surface area contributed by atoms with Gasteiger partial charge in [0.15, 0.2) is 0 Å². The van der Waals surface area contributed by atoms with Gasteiger partial charge in [0.25, 0.3) is 0 Å². The first-order valence-electron chi connectivity index (χ1n) is 4.25. The highest BCUT2D eigenvalue weighted by molar-refractivity contribution is 6.30. The van der Waals surface area contributed by atoms with Crippen LogP contribution in [0.25, 0.3) is 0 Å². The molecule has 2 nitrogen and oxygen atoms in total. The lowest BCUT2D eigenvalue weighted by atomic mass is 10.3. The van der Waals surface area contributed by atoms with Crippen molar-refractivity contribution in [3.63, 3.8) is 0 Å². The third-order valence-electron chi connectivity index (χ3n) is 1.13. The molecule has 0 heterocycles. The van der Waals surface area contributed by atoms with Crippen LogP contribution in [0, 0.1) is 0 Å². The van der Waals surface area contributed by atoms with E-state index >= 15 is 0 Å². The predicted molar refractivity (Wildman–Crippen MR) is 59.8 cm³/mol. The Hall–Kier alpha value is -1.02. The van der Waals surface area contributed by atoms with Gasteiger partial charge in [-0.05, 0) is 31.2 Å². The van der Waals surface area contributed by atoms with Gasteiger partial charge in [-0.3, -0.25) is 0 Å². The van der Waals surface area contributed by atoms with Crippen molar-refractivity contribution >= 4 is 23.1 Å². The fourth-order valence-electron chi connectivity index (χ4n) is 0.719. The van der Waals surface area contributed by atoms with E-state index in [4.69, 9.17) is 17.3 Å². The molecule has 0 atom stereocenters. The fourth-order valence-corrected chi connectivity index (χ4v) is 0.845. The van der Waals surface area contributed by atoms with Gasteiger partial charge in [-0.25, -0.2) is 4.99 Å². The number of amidine groups is 1. The van der Waals surface area contributed by atoms with Crippen molar-refractivity contribution in [2.45, 2.75) is 20.8 Å². The van der Waals surface area contributed by atoms with E-state index in [1.165, 1.54) is 0 Å². The zero-order chi connectivity index (χ0) is 10.3. The highest BCUT2D eigenvalue weighted by atomic mass is 35.5. The van der Waals surface area contributed by atoms with Crippen molar-refractivity contribution in [2.75, 3.05) is 0 Å². The summed E-state index contributed by atoms with van der Waals surface area (Å²) >= 11 is 5.67. The van der Waals surface area contributed by atoms with Crippen LogP contribution < -0.4 is 5.73 Å². The second-order valence-electron chi connectivity index (χ2n) is 2.23. The van der Waals surface area contributed by atoms with Crippen LogP contribution in [-0.4, -0.2) is 5.84 Å². The van der Waals surface area contributed by atoms with Gasteiger partial charge in [-0.15, -0.1) is 0 Å². The Balaban J connectivity index is 0.000000671. The number of nitrogens with zero attached hydrogens (tertiary/aromatic N) is 1. The van der Waals surface area contributed by atoms with Gasteiger partial charge in [0.05, 0.1) is 11.5 Å². The van der Waals surface area contributed by atoms with E-state index in [9.17, 15) is 0 Å². The molecule has 2 N–H and O–H groups in total. The van der Waals surface area contributed by atoms with Gasteiger partial charge in [0.1, 0.15) is 0 Å². The van der Waals surface area contributed by atoms with Gasteiger partial charge in [0, 0.05) is 5.02 Å². The number of rotatable bonds is 1. The third-order valence-corrected chi connectivity index (χ3v) is 1.38. The number of aliphatic imine (C=N–C) groups is 1. The second-order valence-corrected chi connectivity index (χ2v) is 2.67. The molecule has 0 saturated heterocycles. The molecule has 1 rings (SSSR count). The Morgan fingerprint density at radius 3 is 2.08 bits per heavy atom. The minimum Gasteiger partial charge on any atom is -0.387 e. The average molecular weight is 199 g/mol. The Labute approximate surface area is 84.4 Å². The van der Waals surface area contributed by atoms with Crippen LogP contribution in [0.1, 0.15) is 20.8 Å². The van der Waals surface area contributed by atoms with Gasteiger partial charge >= 0.3 is 0 Å². The van der Waals surface area contributed by atoms with Crippen molar-refractivity contribution in [1.82, 2.24) is 0 Å². The molecule has 0 aliphatic rings. The molecule has 0 aliphatic carbocycles. The molecule has 13 heavy (non-hydrogen) atoms. The minimum atomic E-state index is 0.548. The largest absolute Gasteiger partial charge is 0.387 e. The normalized spacial score (nSPS) is 10.3. The smallest absolute Gasteiger partial charge is 0.0964 e. The second kappa shape index (κ2) is 6.49. The van der Waals surface area contributed by atoms with Crippen LogP contribution in [0.5, 0.6) is 0 Å². The van der Waals surface area contributed by atoms with Gasteiger partial charge < -0.3 is 5.73 Å². The minimum absolute atomic E-state index is 0.548. The predicted octanol–water partition coefficient (Wildman–Crippen LogP) is 3.37. The maximum absolute atomic E-state index is 5.67. The lowest BCUT2D eigenvalue weighted by Crippen LogP contribution is -2.03. The summed E-state index contributed by atoms with van der Waals surface area (Å²) in [5, 5.41) is 0.707. The molecule has 1 aromatic carbocycles. The summed E-state index contributed by atoms with van der Waals surface area (Å²) in [6.07, 6.45) is 0. The molecule has 0 radical (unpaired) electrons. The van der Waals surface area contributed by atoms with E-state index in [1.54, 1.807) is 19.1 Å². The number of benzene rings is 1. The molecule has 0 aromatic heterocycles. The van der Waals surface area contributed by atoms with Crippen molar-refractivity contribution in [3.8, 4) is 0 Å².